The van der Waals surface area contributed by atoms with Gasteiger partial charge in [0.05, 0.1) is 7.47 Å². The van der Waals surface area contributed by atoms with Gasteiger partial charge in [-0.1, -0.05) is 95.6 Å². The third kappa shape index (κ3) is 3.55. The van der Waals surface area contributed by atoms with Gasteiger partial charge in [0.25, 0.3) is 0 Å². The first-order valence-electron chi connectivity index (χ1n) is 3.48. The van der Waals surface area contributed by atoms with Crippen LogP contribution >= 0.6 is 95.6 Å². The molecule has 78 valence electrons. The molecule has 1 rings (SSSR count). The maximum absolute atomic E-state index is 3.51. The van der Waals surface area contributed by atoms with E-state index in [2.05, 4.69) is 102 Å². The van der Waals surface area contributed by atoms with E-state index in [1.807, 2.05) is 6.07 Å². The first-order chi connectivity index (χ1) is 6.43. The summed E-state index contributed by atoms with van der Waals surface area (Å²) in [7, 11) is 0. The Balaban J connectivity index is 3.27. The zero-order valence-electron chi connectivity index (χ0n) is 6.58. The highest BCUT2D eigenvalue weighted by Gasteiger charge is 2.14. The van der Waals surface area contributed by atoms with E-state index >= 15 is 0 Å². The summed E-state index contributed by atoms with van der Waals surface area (Å²) < 4.78 is 2.42. The Morgan fingerprint density at radius 1 is 0.714 bits per heavy atom. The van der Waals surface area contributed by atoms with E-state index in [1.54, 1.807) is 0 Å². The molecular weight excluding hydrogens is 576 g/mol. The molecule has 0 aliphatic heterocycles. The van der Waals surface area contributed by atoms with Crippen LogP contribution in [0.15, 0.2) is 21.1 Å². The smallest absolute Gasteiger partial charge is 0.0712 e. The molecule has 0 radical (unpaired) electrons. The van der Waals surface area contributed by atoms with E-state index < -0.39 is 0 Å². The van der Waals surface area contributed by atoms with Crippen LogP contribution < -0.4 is 0 Å². The van der Waals surface area contributed by atoms with Gasteiger partial charge in [-0.15, -0.1) is 0 Å². The van der Waals surface area contributed by atoms with Crippen LogP contribution in [0.25, 0.3) is 0 Å². The Morgan fingerprint density at radius 2 is 1.07 bits per heavy atom. The maximum atomic E-state index is 3.51. The molecule has 0 unspecified atom stereocenters. The van der Waals surface area contributed by atoms with Crippen molar-refractivity contribution in [3.8, 4) is 0 Å². The molecule has 1 aromatic rings. The highest BCUT2D eigenvalue weighted by atomic mass is 79.9. The van der Waals surface area contributed by atoms with E-state index in [-0.39, 0.29) is 7.47 Å². The predicted molar refractivity (Wildman–Crippen MR) is 83.0 cm³/mol. The van der Waals surface area contributed by atoms with Crippen molar-refractivity contribution in [2.45, 2.75) is 7.47 Å². The molecule has 0 atom stereocenters. The van der Waals surface area contributed by atoms with Gasteiger partial charge in [0.15, 0.2) is 0 Å². The van der Waals surface area contributed by atoms with Crippen LogP contribution in [0, 0.1) is 0 Å². The quantitative estimate of drug-likeness (QED) is 0.339. The second-order valence-electron chi connectivity index (χ2n) is 2.50. The lowest BCUT2D eigenvalue weighted by atomic mass is 10.2. The minimum Gasteiger partial charge on any atom is -0.0712 e. The highest BCUT2D eigenvalue weighted by Crippen LogP contribution is 2.42. The Bertz CT molecular complexity index is 304. The predicted octanol–water partition coefficient (Wildman–Crippen LogP) is 6.79. The molecule has 0 nitrogen and oxygen atoms in total. The molecule has 0 aliphatic rings. The van der Waals surface area contributed by atoms with Crippen LogP contribution in [0.5, 0.6) is 0 Å². The fraction of sp³-hybridized carbons (Fsp3) is 0.250. The summed E-state index contributed by atoms with van der Waals surface area (Å²) in [4.78, 5) is 0. The van der Waals surface area contributed by atoms with E-state index in [4.69, 9.17) is 0 Å². The molecule has 0 aromatic heterocycles. The van der Waals surface area contributed by atoms with Crippen LogP contribution in [-0.2, 0) is 0 Å². The fourth-order valence-electron chi connectivity index (χ4n) is 0.918. The minimum atomic E-state index is 0.148. The van der Waals surface area contributed by atoms with Crippen LogP contribution in [0.2, 0.25) is 0 Å². The molecule has 0 N–H and O–H groups in total. The van der Waals surface area contributed by atoms with Gasteiger partial charge in [0.1, 0.15) is 0 Å². The number of hydrogen-bond donors (Lipinski definition) is 0. The fourth-order valence-corrected chi connectivity index (χ4v) is 5.11. The molecule has 0 fully saturated rings. The average Bonchev–Trinajstić information content (AvgIpc) is 2.02. The molecule has 6 heteroatoms. The van der Waals surface area contributed by atoms with Crippen molar-refractivity contribution in [3.63, 3.8) is 0 Å². The van der Waals surface area contributed by atoms with Gasteiger partial charge in [0, 0.05) is 8.95 Å². The number of alkyl halides is 4. The lowest BCUT2D eigenvalue weighted by Crippen LogP contribution is -1.90. The molecule has 0 saturated carbocycles. The van der Waals surface area contributed by atoms with Crippen molar-refractivity contribution < 1.29 is 0 Å². The Morgan fingerprint density at radius 3 is 1.36 bits per heavy atom. The summed E-state index contributed by atoms with van der Waals surface area (Å²) >= 11 is 20.9. The summed E-state index contributed by atoms with van der Waals surface area (Å²) in [6.45, 7) is 0. The van der Waals surface area contributed by atoms with E-state index in [9.17, 15) is 0 Å². The Labute approximate surface area is 133 Å². The number of halogens is 6. The zero-order valence-corrected chi connectivity index (χ0v) is 16.1. The van der Waals surface area contributed by atoms with Gasteiger partial charge in [-0.05, 0) is 23.3 Å². The van der Waals surface area contributed by atoms with Gasteiger partial charge in [-0.2, -0.15) is 0 Å². The van der Waals surface area contributed by atoms with Crippen molar-refractivity contribution in [1.82, 2.24) is 0 Å². The first kappa shape index (κ1) is 14.2. The summed E-state index contributed by atoms with van der Waals surface area (Å²) in [6, 6.07) is 4.15. The van der Waals surface area contributed by atoms with E-state index in [0.29, 0.717) is 0 Å². The summed E-state index contributed by atoms with van der Waals surface area (Å²) in [6.07, 6.45) is 0. The molecule has 0 heterocycles. The van der Waals surface area contributed by atoms with Crippen molar-refractivity contribution in [2.75, 3.05) is 0 Å². The molecule has 1 aromatic carbocycles. The summed E-state index contributed by atoms with van der Waals surface area (Å²) in [5, 5.41) is 0. The van der Waals surface area contributed by atoms with Crippen LogP contribution in [0.3, 0.4) is 0 Å². The number of benzene rings is 1. The summed E-state index contributed by atoms with van der Waals surface area (Å²) in [5.74, 6) is 0. The van der Waals surface area contributed by atoms with Crippen LogP contribution in [0.4, 0.5) is 0 Å². The van der Waals surface area contributed by atoms with Crippen molar-refractivity contribution >= 4 is 95.6 Å². The topological polar surface area (TPSA) is 0 Å². The van der Waals surface area contributed by atoms with Crippen LogP contribution in [-0.4, -0.2) is 0 Å². The Hall–Kier alpha value is 2.10. The third-order valence-electron chi connectivity index (χ3n) is 1.59. The largest absolute Gasteiger partial charge is 0.0957 e. The minimum absolute atomic E-state index is 0.148. The van der Waals surface area contributed by atoms with Gasteiger partial charge in [-0.25, -0.2) is 0 Å². The molecule has 0 spiro atoms. The van der Waals surface area contributed by atoms with Gasteiger partial charge in [-0.3, -0.25) is 0 Å². The summed E-state index contributed by atoms with van der Waals surface area (Å²) in [5.41, 5.74) is 2.32. The second kappa shape index (κ2) is 6.15. The van der Waals surface area contributed by atoms with Crippen molar-refractivity contribution in [1.29, 1.82) is 0 Å². The van der Waals surface area contributed by atoms with Gasteiger partial charge >= 0.3 is 0 Å². The molecule has 14 heavy (non-hydrogen) atoms. The third-order valence-corrected chi connectivity index (χ3v) is 4.93. The van der Waals surface area contributed by atoms with E-state index in [1.165, 1.54) is 0 Å². The maximum Gasteiger partial charge on any atom is 0.0957 e. The molecule has 0 saturated heterocycles. The van der Waals surface area contributed by atoms with Gasteiger partial charge < -0.3 is 0 Å². The molecular formula is C8H4Br6. The van der Waals surface area contributed by atoms with Gasteiger partial charge in [0.2, 0.25) is 0 Å². The molecule has 0 aliphatic carbocycles. The first-order valence-corrected chi connectivity index (χ1v) is 8.73. The van der Waals surface area contributed by atoms with E-state index in [0.717, 1.165) is 20.1 Å². The lowest BCUT2D eigenvalue weighted by Gasteiger charge is -2.12. The molecule has 0 bridgehead atoms. The normalized spacial score (nSPS) is 11.4. The molecule has 0 amide bonds. The monoisotopic (exact) mass is 574 g/mol. The Kier molecular flexibility index (Phi) is 6.22. The lowest BCUT2D eigenvalue weighted by molar-refractivity contribution is 1.29. The highest BCUT2D eigenvalue weighted by molar-refractivity contribution is 9.24. The number of rotatable bonds is 2. The number of hydrogen-bond acceptors (Lipinski definition) is 0. The second-order valence-corrected chi connectivity index (χ2v) is 10.3. The van der Waals surface area contributed by atoms with Crippen molar-refractivity contribution in [3.05, 3.63) is 32.2 Å². The average molecular weight is 580 g/mol. The SMILES string of the molecule is Brc1cc(Br)c(C(Br)Br)cc1C(Br)Br. The van der Waals surface area contributed by atoms with Crippen LogP contribution in [0.1, 0.15) is 18.6 Å². The standard InChI is InChI=1S/C8H4Br6/c9-5-2-6(10)4(8(13)14)1-3(5)7(11)12/h1-2,7-8H. The van der Waals surface area contributed by atoms with Crippen molar-refractivity contribution in [2.24, 2.45) is 0 Å². The zero-order chi connectivity index (χ0) is 10.9.